The third-order valence-electron chi connectivity index (χ3n) is 3.78. The number of hydrogen-bond donors (Lipinski definition) is 3. The topological polar surface area (TPSA) is 79.5 Å². The van der Waals surface area contributed by atoms with Gasteiger partial charge in [-0.25, -0.2) is 0 Å². The third-order valence-corrected chi connectivity index (χ3v) is 3.78. The summed E-state index contributed by atoms with van der Waals surface area (Å²) in [4.78, 5) is 24.1. The van der Waals surface area contributed by atoms with Crippen LogP contribution in [0.1, 0.15) is 19.3 Å². The van der Waals surface area contributed by atoms with Crippen molar-refractivity contribution in [3.63, 3.8) is 0 Å². The van der Waals surface area contributed by atoms with Gasteiger partial charge in [-0.15, -0.1) is 0 Å². The zero-order chi connectivity index (χ0) is 14.7. The first-order chi connectivity index (χ1) is 10.2. The number of carbonyl (C=O) groups is 2. The molecule has 0 spiro atoms. The number of carbonyl (C=O) groups excluding carboxylic acids is 2. The average molecular weight is 289 g/mol. The van der Waals surface area contributed by atoms with Crippen molar-refractivity contribution in [2.75, 3.05) is 18.4 Å². The maximum Gasteiger partial charge on any atom is 0.263 e. The van der Waals surface area contributed by atoms with Gasteiger partial charge in [0.1, 0.15) is 11.8 Å². The van der Waals surface area contributed by atoms with E-state index in [9.17, 15) is 9.59 Å². The molecule has 2 heterocycles. The summed E-state index contributed by atoms with van der Waals surface area (Å²) in [5.41, 5.74) is 0.883. The number of anilines is 1. The van der Waals surface area contributed by atoms with E-state index < -0.39 is 12.1 Å². The van der Waals surface area contributed by atoms with Gasteiger partial charge in [-0.05, 0) is 31.4 Å². The van der Waals surface area contributed by atoms with Gasteiger partial charge in [0.15, 0.2) is 6.10 Å². The van der Waals surface area contributed by atoms with Crippen molar-refractivity contribution in [3.8, 4) is 5.75 Å². The van der Waals surface area contributed by atoms with E-state index in [1.807, 2.05) is 24.3 Å². The van der Waals surface area contributed by atoms with Gasteiger partial charge in [-0.3, -0.25) is 9.59 Å². The standard InChI is InChI=1S/C15H19N3O3/c19-14-11(6-3-4-8-16-14)18-15(20)13-9-17-10-5-1-2-7-12(10)21-13/h1-2,5,7,11,13,17H,3-4,6,8-9H2,(H,16,19)(H,18,20). The summed E-state index contributed by atoms with van der Waals surface area (Å²) in [6.45, 7) is 1.08. The molecule has 3 N–H and O–H groups in total. The molecule has 2 amide bonds. The number of ether oxygens (including phenoxy) is 1. The van der Waals surface area contributed by atoms with Crippen molar-refractivity contribution in [3.05, 3.63) is 24.3 Å². The van der Waals surface area contributed by atoms with E-state index in [1.165, 1.54) is 0 Å². The average Bonchev–Trinajstić information content (AvgIpc) is 2.72. The highest BCUT2D eigenvalue weighted by Crippen LogP contribution is 2.28. The number of hydrogen-bond acceptors (Lipinski definition) is 4. The second-order valence-corrected chi connectivity index (χ2v) is 5.33. The van der Waals surface area contributed by atoms with Crippen LogP contribution in [-0.4, -0.2) is 37.0 Å². The van der Waals surface area contributed by atoms with E-state index in [-0.39, 0.29) is 11.8 Å². The highest BCUT2D eigenvalue weighted by Gasteiger charge is 2.29. The fourth-order valence-electron chi connectivity index (χ4n) is 2.60. The molecule has 1 aromatic rings. The number of nitrogens with one attached hydrogen (secondary N) is 3. The SMILES string of the molecule is O=C1NCCCCC1NC(=O)C1CNc2ccccc2O1. The van der Waals surface area contributed by atoms with Crippen LogP contribution in [-0.2, 0) is 9.59 Å². The molecule has 1 saturated heterocycles. The Morgan fingerprint density at radius 2 is 2.10 bits per heavy atom. The molecular formula is C15H19N3O3. The minimum atomic E-state index is -0.615. The van der Waals surface area contributed by atoms with Crippen LogP contribution in [0.15, 0.2) is 24.3 Å². The zero-order valence-corrected chi connectivity index (χ0v) is 11.7. The van der Waals surface area contributed by atoms with Crippen LogP contribution in [0, 0.1) is 0 Å². The molecule has 6 nitrogen and oxygen atoms in total. The molecule has 3 rings (SSSR count). The van der Waals surface area contributed by atoms with Crippen LogP contribution in [0.2, 0.25) is 0 Å². The summed E-state index contributed by atoms with van der Waals surface area (Å²) in [5, 5.41) is 8.77. The van der Waals surface area contributed by atoms with Crippen LogP contribution < -0.4 is 20.7 Å². The van der Waals surface area contributed by atoms with E-state index in [2.05, 4.69) is 16.0 Å². The number of para-hydroxylation sites is 2. The number of rotatable bonds is 2. The van der Waals surface area contributed by atoms with E-state index in [0.717, 1.165) is 18.5 Å². The van der Waals surface area contributed by atoms with Gasteiger partial charge in [-0.2, -0.15) is 0 Å². The lowest BCUT2D eigenvalue weighted by Crippen LogP contribution is -2.52. The lowest BCUT2D eigenvalue weighted by molar-refractivity contribution is -0.132. The number of benzene rings is 1. The van der Waals surface area contributed by atoms with E-state index >= 15 is 0 Å². The van der Waals surface area contributed by atoms with Crippen molar-refractivity contribution < 1.29 is 14.3 Å². The lowest BCUT2D eigenvalue weighted by atomic mass is 10.1. The third kappa shape index (κ3) is 3.09. The first-order valence-electron chi connectivity index (χ1n) is 7.32. The van der Waals surface area contributed by atoms with Gasteiger partial charge < -0.3 is 20.7 Å². The van der Waals surface area contributed by atoms with Gasteiger partial charge >= 0.3 is 0 Å². The Bertz CT molecular complexity index is 547. The zero-order valence-electron chi connectivity index (χ0n) is 11.7. The molecule has 2 atom stereocenters. The van der Waals surface area contributed by atoms with Crippen molar-refractivity contribution in [2.45, 2.75) is 31.4 Å². The summed E-state index contributed by atoms with van der Waals surface area (Å²) in [5.74, 6) is 0.304. The van der Waals surface area contributed by atoms with Gasteiger partial charge in [0.05, 0.1) is 12.2 Å². The molecule has 1 aromatic carbocycles. The van der Waals surface area contributed by atoms with Crippen LogP contribution in [0.4, 0.5) is 5.69 Å². The molecule has 112 valence electrons. The Kier molecular flexibility index (Phi) is 3.94. The smallest absolute Gasteiger partial charge is 0.263 e. The maximum absolute atomic E-state index is 12.3. The predicted octanol–water partition coefficient (Wildman–Crippen LogP) is 0.644. The second kappa shape index (κ2) is 6.03. The van der Waals surface area contributed by atoms with Crippen molar-refractivity contribution in [2.24, 2.45) is 0 Å². The second-order valence-electron chi connectivity index (χ2n) is 5.33. The Balaban J connectivity index is 1.62. The van der Waals surface area contributed by atoms with Crippen LogP contribution >= 0.6 is 0 Å². The minimum absolute atomic E-state index is 0.106. The van der Waals surface area contributed by atoms with E-state index in [0.29, 0.717) is 25.3 Å². The molecule has 0 aromatic heterocycles. The Morgan fingerprint density at radius 1 is 1.24 bits per heavy atom. The van der Waals surface area contributed by atoms with Gasteiger partial charge in [0.2, 0.25) is 5.91 Å². The summed E-state index contributed by atoms with van der Waals surface area (Å²) in [6.07, 6.45) is 1.94. The molecule has 0 bridgehead atoms. The molecule has 1 fully saturated rings. The normalized spacial score (nSPS) is 24.7. The molecule has 0 radical (unpaired) electrons. The van der Waals surface area contributed by atoms with Crippen molar-refractivity contribution >= 4 is 17.5 Å². The molecule has 21 heavy (non-hydrogen) atoms. The van der Waals surface area contributed by atoms with E-state index in [4.69, 9.17) is 4.74 Å². The molecule has 0 aliphatic carbocycles. The maximum atomic E-state index is 12.3. The summed E-state index contributed by atoms with van der Waals surface area (Å²) in [7, 11) is 0. The van der Waals surface area contributed by atoms with E-state index in [1.54, 1.807) is 0 Å². The van der Waals surface area contributed by atoms with Crippen molar-refractivity contribution in [1.29, 1.82) is 0 Å². The lowest BCUT2D eigenvalue weighted by Gasteiger charge is -2.27. The molecule has 2 aliphatic rings. The minimum Gasteiger partial charge on any atom is -0.477 e. The van der Waals surface area contributed by atoms with Gasteiger partial charge in [0, 0.05) is 6.54 Å². The summed E-state index contributed by atoms with van der Waals surface area (Å²) < 4.78 is 5.70. The molecule has 6 heteroatoms. The van der Waals surface area contributed by atoms with Crippen LogP contribution in [0.25, 0.3) is 0 Å². The first-order valence-corrected chi connectivity index (χ1v) is 7.32. The Labute approximate surface area is 123 Å². The highest BCUT2D eigenvalue weighted by atomic mass is 16.5. The first kappa shape index (κ1) is 13.7. The summed E-state index contributed by atoms with van der Waals surface area (Å²) >= 11 is 0. The number of fused-ring (bicyclic) bond motifs is 1. The monoisotopic (exact) mass is 289 g/mol. The molecule has 0 saturated carbocycles. The molecule has 2 unspecified atom stereocenters. The Hall–Kier alpha value is -2.24. The predicted molar refractivity (Wildman–Crippen MR) is 78.1 cm³/mol. The number of amides is 2. The highest BCUT2D eigenvalue weighted by molar-refractivity contribution is 5.90. The van der Waals surface area contributed by atoms with Gasteiger partial charge in [0.25, 0.3) is 5.91 Å². The Morgan fingerprint density at radius 3 is 3.00 bits per heavy atom. The molecular weight excluding hydrogens is 270 g/mol. The van der Waals surface area contributed by atoms with Crippen molar-refractivity contribution in [1.82, 2.24) is 10.6 Å². The van der Waals surface area contributed by atoms with Gasteiger partial charge in [-0.1, -0.05) is 12.1 Å². The largest absolute Gasteiger partial charge is 0.477 e. The van der Waals surface area contributed by atoms with Crippen LogP contribution in [0.5, 0.6) is 5.75 Å². The summed E-state index contributed by atoms with van der Waals surface area (Å²) in [6, 6.07) is 7.04. The quantitative estimate of drug-likeness (QED) is 0.746. The molecule has 2 aliphatic heterocycles. The fourth-order valence-corrected chi connectivity index (χ4v) is 2.60. The van der Waals surface area contributed by atoms with Crippen LogP contribution in [0.3, 0.4) is 0 Å². The fraction of sp³-hybridized carbons (Fsp3) is 0.467.